The van der Waals surface area contributed by atoms with Gasteiger partial charge >= 0.3 is 0 Å². The molecule has 0 atom stereocenters. The van der Waals surface area contributed by atoms with Crippen LogP contribution in [0.25, 0.3) is 0 Å². The largest absolute Gasteiger partial charge is 0.298 e. The van der Waals surface area contributed by atoms with E-state index in [1.807, 2.05) is 24.6 Å². The van der Waals surface area contributed by atoms with Crippen LogP contribution >= 0.6 is 0 Å². The first kappa shape index (κ1) is 11.9. The molecule has 0 bridgehead atoms. The monoisotopic (exact) mass is 181 g/mol. The number of nitrogens with zero attached hydrogens (tertiary/aromatic N) is 1. The number of carbonyl (C=O) groups excluding carboxylic acids is 1. The van der Waals surface area contributed by atoms with Gasteiger partial charge in [-0.2, -0.15) is 0 Å². The second-order valence-electron chi connectivity index (χ2n) is 2.90. The van der Waals surface area contributed by atoms with Crippen molar-refractivity contribution in [2.45, 2.75) is 39.5 Å². The third-order valence-corrected chi connectivity index (χ3v) is 1.59. The summed E-state index contributed by atoms with van der Waals surface area (Å²) in [7, 11) is 0. The molecule has 13 heavy (non-hydrogen) atoms. The third kappa shape index (κ3) is 7.32. The van der Waals surface area contributed by atoms with Gasteiger partial charge in [-0.1, -0.05) is 38.8 Å². The van der Waals surface area contributed by atoms with Gasteiger partial charge in [-0.3, -0.25) is 9.69 Å². The number of hydrogen-bond acceptors (Lipinski definition) is 1. The van der Waals surface area contributed by atoms with E-state index in [1.54, 1.807) is 4.90 Å². The fourth-order valence-electron chi connectivity index (χ4n) is 0.846. The Labute approximate surface area is 80.9 Å². The number of unbranched alkanes of at least 4 members (excludes halogenated alkanes) is 2. The summed E-state index contributed by atoms with van der Waals surface area (Å²) in [6, 6.07) is 0. The molecule has 0 fully saturated rings. The number of allylic oxidation sites excluding steroid dienone is 2. The van der Waals surface area contributed by atoms with Crippen molar-refractivity contribution < 1.29 is 4.79 Å². The topological polar surface area (TPSA) is 20.3 Å². The third-order valence-electron chi connectivity index (χ3n) is 1.59. The average Bonchev–Trinajstić information content (AvgIpc) is 2.16. The van der Waals surface area contributed by atoms with E-state index in [9.17, 15) is 4.79 Å². The molecule has 0 N–H and O–H groups in total. The molecule has 0 saturated carbocycles. The summed E-state index contributed by atoms with van der Waals surface area (Å²) in [5, 5.41) is 0. The molecule has 0 aromatic carbocycles. The Kier molecular flexibility index (Phi) is 8.31. The van der Waals surface area contributed by atoms with Crippen LogP contribution in [0.15, 0.2) is 24.6 Å². The SMILES string of the molecule is CCC/C=C/N(C=O)/C=C/CCC. The molecular formula is C11H19NO. The Balaban J connectivity index is 3.81. The molecule has 0 heterocycles. The van der Waals surface area contributed by atoms with Crippen LogP contribution in [-0.4, -0.2) is 11.3 Å². The fourth-order valence-corrected chi connectivity index (χ4v) is 0.846. The van der Waals surface area contributed by atoms with Crippen LogP contribution in [0.5, 0.6) is 0 Å². The summed E-state index contributed by atoms with van der Waals surface area (Å²) in [4.78, 5) is 12.1. The van der Waals surface area contributed by atoms with Crippen molar-refractivity contribution in [3.05, 3.63) is 24.6 Å². The molecule has 0 aliphatic heterocycles. The highest BCUT2D eigenvalue weighted by Gasteiger charge is 1.86. The molecular weight excluding hydrogens is 162 g/mol. The Hall–Kier alpha value is -1.05. The highest BCUT2D eigenvalue weighted by molar-refractivity contribution is 5.50. The average molecular weight is 181 g/mol. The van der Waals surface area contributed by atoms with E-state index in [0.717, 1.165) is 32.1 Å². The van der Waals surface area contributed by atoms with Crippen molar-refractivity contribution in [1.29, 1.82) is 0 Å². The smallest absolute Gasteiger partial charge is 0.217 e. The van der Waals surface area contributed by atoms with E-state index in [-0.39, 0.29) is 0 Å². The molecule has 0 aliphatic rings. The zero-order valence-electron chi connectivity index (χ0n) is 8.57. The number of rotatable bonds is 7. The minimum absolute atomic E-state index is 0.818. The first-order valence-electron chi connectivity index (χ1n) is 4.91. The molecule has 0 aromatic heterocycles. The highest BCUT2D eigenvalue weighted by Crippen LogP contribution is 1.95. The minimum Gasteiger partial charge on any atom is -0.298 e. The maximum Gasteiger partial charge on any atom is 0.217 e. The molecule has 0 rings (SSSR count). The number of amides is 1. The van der Waals surface area contributed by atoms with Gasteiger partial charge in [0.15, 0.2) is 0 Å². The molecule has 2 nitrogen and oxygen atoms in total. The van der Waals surface area contributed by atoms with Crippen molar-refractivity contribution in [3.8, 4) is 0 Å². The Morgan fingerprint density at radius 2 is 1.46 bits per heavy atom. The van der Waals surface area contributed by atoms with Gasteiger partial charge in [0.05, 0.1) is 0 Å². The lowest BCUT2D eigenvalue weighted by Crippen LogP contribution is -2.04. The highest BCUT2D eigenvalue weighted by atomic mass is 16.1. The van der Waals surface area contributed by atoms with E-state index >= 15 is 0 Å². The van der Waals surface area contributed by atoms with E-state index in [0.29, 0.717) is 0 Å². The zero-order valence-corrected chi connectivity index (χ0v) is 8.57. The van der Waals surface area contributed by atoms with Gasteiger partial charge in [-0.05, 0) is 12.8 Å². The summed E-state index contributed by atoms with van der Waals surface area (Å²) in [5.74, 6) is 0. The van der Waals surface area contributed by atoms with Crippen LogP contribution in [0, 0.1) is 0 Å². The molecule has 74 valence electrons. The summed E-state index contributed by atoms with van der Waals surface area (Å²) in [6.45, 7) is 4.23. The zero-order chi connectivity index (χ0) is 9.94. The van der Waals surface area contributed by atoms with Crippen molar-refractivity contribution in [3.63, 3.8) is 0 Å². The van der Waals surface area contributed by atoms with Crippen LogP contribution in [0.2, 0.25) is 0 Å². The molecule has 0 unspecified atom stereocenters. The minimum atomic E-state index is 0.818. The second kappa shape index (κ2) is 9.04. The predicted molar refractivity (Wildman–Crippen MR) is 56.0 cm³/mol. The normalized spacial score (nSPS) is 11.2. The van der Waals surface area contributed by atoms with Gasteiger partial charge in [0, 0.05) is 12.4 Å². The molecule has 0 saturated heterocycles. The van der Waals surface area contributed by atoms with Crippen LogP contribution in [0.4, 0.5) is 0 Å². The van der Waals surface area contributed by atoms with Gasteiger partial charge in [-0.15, -0.1) is 0 Å². The standard InChI is InChI=1S/C11H19NO/c1-3-5-7-9-12(11-13)10-8-6-4-2/h7-11H,3-6H2,1-2H3/b9-7+,10-8+. The molecule has 2 heteroatoms. The Morgan fingerprint density at radius 1 is 1.00 bits per heavy atom. The van der Waals surface area contributed by atoms with Gasteiger partial charge in [0.25, 0.3) is 0 Å². The quantitative estimate of drug-likeness (QED) is 0.553. The van der Waals surface area contributed by atoms with Crippen molar-refractivity contribution in [2.24, 2.45) is 0 Å². The lowest BCUT2D eigenvalue weighted by atomic mass is 10.3. The van der Waals surface area contributed by atoms with Crippen molar-refractivity contribution in [1.82, 2.24) is 4.90 Å². The van der Waals surface area contributed by atoms with Crippen LogP contribution in [0.3, 0.4) is 0 Å². The van der Waals surface area contributed by atoms with Gasteiger partial charge < -0.3 is 0 Å². The maximum atomic E-state index is 10.5. The van der Waals surface area contributed by atoms with Crippen LogP contribution in [-0.2, 0) is 4.79 Å². The van der Waals surface area contributed by atoms with E-state index in [1.165, 1.54) is 0 Å². The number of hydrogen-bond donors (Lipinski definition) is 0. The predicted octanol–water partition coefficient (Wildman–Crippen LogP) is 3.07. The molecule has 0 aliphatic carbocycles. The maximum absolute atomic E-state index is 10.5. The molecule has 1 amide bonds. The van der Waals surface area contributed by atoms with E-state index in [4.69, 9.17) is 0 Å². The van der Waals surface area contributed by atoms with Crippen LogP contribution < -0.4 is 0 Å². The molecule has 0 aromatic rings. The van der Waals surface area contributed by atoms with Gasteiger partial charge in [-0.25, -0.2) is 0 Å². The Bertz CT molecular complexity index is 157. The van der Waals surface area contributed by atoms with Crippen LogP contribution in [0.1, 0.15) is 39.5 Å². The summed E-state index contributed by atoms with van der Waals surface area (Å²) >= 11 is 0. The lowest BCUT2D eigenvalue weighted by Gasteiger charge is -2.03. The molecule has 0 radical (unpaired) electrons. The van der Waals surface area contributed by atoms with Crippen molar-refractivity contribution >= 4 is 6.41 Å². The second-order valence-corrected chi connectivity index (χ2v) is 2.90. The first-order valence-corrected chi connectivity index (χ1v) is 4.91. The summed E-state index contributed by atoms with van der Waals surface area (Å²) in [6.07, 6.45) is 12.7. The van der Waals surface area contributed by atoms with E-state index in [2.05, 4.69) is 13.8 Å². The lowest BCUT2D eigenvalue weighted by molar-refractivity contribution is -0.114. The van der Waals surface area contributed by atoms with Gasteiger partial charge in [0.1, 0.15) is 0 Å². The first-order chi connectivity index (χ1) is 6.35. The van der Waals surface area contributed by atoms with Crippen molar-refractivity contribution in [2.75, 3.05) is 0 Å². The van der Waals surface area contributed by atoms with Gasteiger partial charge in [0.2, 0.25) is 6.41 Å². The molecule has 0 spiro atoms. The summed E-state index contributed by atoms with van der Waals surface area (Å²) in [5.41, 5.74) is 0. The fraction of sp³-hybridized carbons (Fsp3) is 0.545. The van der Waals surface area contributed by atoms with E-state index < -0.39 is 0 Å². The summed E-state index contributed by atoms with van der Waals surface area (Å²) < 4.78 is 0. The number of carbonyl (C=O) groups is 1. The Morgan fingerprint density at radius 3 is 1.77 bits per heavy atom.